The standard InChI is InChI=1S/C9H6F3N2O2S/c10-6-1-2-7(5(3-6)4-13)14-9(8(11)12)17(15)16/h2-3,8-9,14,17H. The smallest absolute Gasteiger partial charge is 0.272 e. The van der Waals surface area contributed by atoms with Gasteiger partial charge in [-0.1, -0.05) is 0 Å². The molecule has 0 spiro atoms. The zero-order valence-corrected chi connectivity index (χ0v) is 9.05. The van der Waals surface area contributed by atoms with Crippen LogP contribution in [0.4, 0.5) is 18.9 Å². The van der Waals surface area contributed by atoms with E-state index in [1.165, 1.54) is 0 Å². The van der Waals surface area contributed by atoms with Gasteiger partial charge in [0.05, 0.1) is 11.3 Å². The van der Waals surface area contributed by atoms with Crippen molar-refractivity contribution >= 4 is 16.4 Å². The van der Waals surface area contributed by atoms with Gasteiger partial charge in [0.2, 0.25) is 0 Å². The lowest BCUT2D eigenvalue weighted by atomic mass is 10.2. The van der Waals surface area contributed by atoms with Crippen LogP contribution in [-0.2, 0) is 10.7 Å². The number of nitrogens with one attached hydrogen (secondary N) is 1. The molecule has 0 bridgehead atoms. The van der Waals surface area contributed by atoms with E-state index in [0.717, 1.165) is 12.1 Å². The molecule has 1 aromatic carbocycles. The molecule has 4 nitrogen and oxygen atoms in total. The first-order valence-corrected chi connectivity index (χ1v) is 5.50. The Kier molecular flexibility index (Phi) is 4.34. The summed E-state index contributed by atoms with van der Waals surface area (Å²) >= 11 is 0. The number of anilines is 1. The summed E-state index contributed by atoms with van der Waals surface area (Å²) in [6, 6.07) is 5.26. The fourth-order valence-electron chi connectivity index (χ4n) is 1.04. The molecule has 0 aromatic heterocycles. The molecule has 0 saturated carbocycles. The molecule has 17 heavy (non-hydrogen) atoms. The number of rotatable bonds is 4. The molecule has 1 aromatic rings. The number of nitrogens with zero attached hydrogens (tertiary/aromatic N) is 1. The molecule has 1 rings (SSSR count). The average Bonchev–Trinajstić information content (AvgIpc) is 2.26. The Morgan fingerprint density at radius 3 is 2.59 bits per heavy atom. The number of halogens is 3. The molecule has 91 valence electrons. The van der Waals surface area contributed by atoms with E-state index < -0.39 is 28.3 Å². The van der Waals surface area contributed by atoms with Gasteiger partial charge in [-0.15, -0.1) is 0 Å². The molecule has 0 heterocycles. The second kappa shape index (κ2) is 5.54. The van der Waals surface area contributed by atoms with Gasteiger partial charge in [-0.3, -0.25) is 0 Å². The van der Waals surface area contributed by atoms with Crippen LogP contribution in [-0.4, -0.2) is 20.2 Å². The predicted octanol–water partition coefficient (Wildman–Crippen LogP) is 1.11. The highest BCUT2D eigenvalue weighted by atomic mass is 32.2. The maximum atomic E-state index is 12.7. The zero-order valence-electron chi connectivity index (χ0n) is 8.15. The SMILES string of the molecule is N#Cc1cc(F)[c]cc1NC(C(F)F)[SH](=O)=O. The molecule has 0 aliphatic heterocycles. The molecule has 0 aliphatic carbocycles. The highest BCUT2D eigenvalue weighted by molar-refractivity contribution is 7.73. The molecule has 1 unspecified atom stereocenters. The van der Waals surface area contributed by atoms with Gasteiger partial charge in [0.25, 0.3) is 6.43 Å². The van der Waals surface area contributed by atoms with Gasteiger partial charge in [-0.2, -0.15) is 5.26 Å². The van der Waals surface area contributed by atoms with E-state index in [4.69, 9.17) is 5.26 Å². The first-order valence-electron chi connectivity index (χ1n) is 4.25. The van der Waals surface area contributed by atoms with Crippen LogP contribution >= 0.6 is 0 Å². The second-order valence-corrected chi connectivity index (χ2v) is 4.06. The Bertz CT molecular complexity index is 517. The van der Waals surface area contributed by atoms with Crippen molar-refractivity contribution in [2.45, 2.75) is 11.8 Å². The van der Waals surface area contributed by atoms with Crippen LogP contribution in [0.25, 0.3) is 0 Å². The highest BCUT2D eigenvalue weighted by Crippen LogP contribution is 2.18. The minimum Gasteiger partial charge on any atom is -0.364 e. The van der Waals surface area contributed by atoms with E-state index in [1.807, 2.05) is 11.4 Å². The zero-order chi connectivity index (χ0) is 13.0. The maximum Gasteiger partial charge on any atom is 0.272 e. The molecule has 0 aliphatic rings. The monoisotopic (exact) mass is 263 g/mol. The van der Waals surface area contributed by atoms with Gasteiger partial charge in [0.15, 0.2) is 16.1 Å². The quantitative estimate of drug-likeness (QED) is 0.798. The Balaban J connectivity index is 3.06. The van der Waals surface area contributed by atoms with Crippen LogP contribution < -0.4 is 5.32 Å². The lowest BCUT2D eigenvalue weighted by Crippen LogP contribution is -2.29. The summed E-state index contributed by atoms with van der Waals surface area (Å²) in [4.78, 5) is 0. The lowest BCUT2D eigenvalue weighted by molar-refractivity contribution is 0.150. The number of hydrogen-bond donors (Lipinski definition) is 2. The molecule has 1 radical (unpaired) electrons. The number of hydrogen-bond acceptors (Lipinski definition) is 4. The van der Waals surface area contributed by atoms with Crippen molar-refractivity contribution in [1.82, 2.24) is 0 Å². The van der Waals surface area contributed by atoms with Crippen molar-refractivity contribution in [3.63, 3.8) is 0 Å². The van der Waals surface area contributed by atoms with Crippen LogP contribution in [0.3, 0.4) is 0 Å². The fourth-order valence-corrected chi connectivity index (χ4v) is 1.47. The number of thiol groups is 1. The van der Waals surface area contributed by atoms with E-state index in [0.29, 0.717) is 0 Å². The van der Waals surface area contributed by atoms with Crippen LogP contribution in [0.5, 0.6) is 0 Å². The van der Waals surface area contributed by atoms with Crippen molar-refractivity contribution in [2.24, 2.45) is 0 Å². The van der Waals surface area contributed by atoms with E-state index in [2.05, 4.69) is 0 Å². The normalized spacial score (nSPS) is 12.5. The number of alkyl halides is 2. The van der Waals surface area contributed by atoms with E-state index in [-0.39, 0.29) is 11.3 Å². The van der Waals surface area contributed by atoms with Crippen molar-refractivity contribution < 1.29 is 21.6 Å². The second-order valence-electron chi connectivity index (χ2n) is 2.93. The molecule has 1 atom stereocenters. The number of nitriles is 1. The van der Waals surface area contributed by atoms with Crippen LogP contribution in [0.15, 0.2) is 12.1 Å². The third-order valence-corrected chi connectivity index (χ3v) is 2.61. The summed E-state index contributed by atoms with van der Waals surface area (Å²) in [6.07, 6.45) is -3.16. The van der Waals surface area contributed by atoms with Gasteiger partial charge in [-0.05, 0) is 12.1 Å². The van der Waals surface area contributed by atoms with Crippen LogP contribution in [0.2, 0.25) is 0 Å². The molecular formula is C9H6F3N2O2S. The fraction of sp³-hybridized carbons (Fsp3) is 0.222. The molecule has 8 heteroatoms. The molecule has 0 saturated heterocycles. The highest BCUT2D eigenvalue weighted by Gasteiger charge is 2.24. The Hall–Kier alpha value is -1.75. The molecule has 0 fully saturated rings. The van der Waals surface area contributed by atoms with Gasteiger partial charge in [-0.25, -0.2) is 21.6 Å². The minimum atomic E-state index is -3.43. The van der Waals surface area contributed by atoms with Gasteiger partial charge < -0.3 is 5.32 Å². The van der Waals surface area contributed by atoms with E-state index >= 15 is 0 Å². The topological polar surface area (TPSA) is 70.0 Å². The first kappa shape index (κ1) is 13.3. The largest absolute Gasteiger partial charge is 0.364 e. The van der Waals surface area contributed by atoms with E-state index in [1.54, 1.807) is 6.07 Å². The Morgan fingerprint density at radius 1 is 1.47 bits per heavy atom. The Labute approximate surface area is 96.6 Å². The number of benzene rings is 1. The van der Waals surface area contributed by atoms with Crippen molar-refractivity contribution in [3.8, 4) is 6.07 Å². The summed E-state index contributed by atoms with van der Waals surface area (Å²) in [5.74, 6) is -0.841. The maximum absolute atomic E-state index is 12.7. The summed E-state index contributed by atoms with van der Waals surface area (Å²) in [6.45, 7) is 0. The third kappa shape index (κ3) is 3.35. The van der Waals surface area contributed by atoms with Crippen molar-refractivity contribution in [1.29, 1.82) is 5.26 Å². The summed E-state index contributed by atoms with van der Waals surface area (Å²) in [7, 11) is -3.43. The lowest BCUT2D eigenvalue weighted by Gasteiger charge is -2.13. The van der Waals surface area contributed by atoms with Gasteiger partial charge in [0, 0.05) is 6.07 Å². The summed E-state index contributed by atoms with van der Waals surface area (Å²) in [5, 5.41) is 8.45. The van der Waals surface area contributed by atoms with Gasteiger partial charge >= 0.3 is 0 Å². The molecule has 1 N–H and O–H groups in total. The van der Waals surface area contributed by atoms with Gasteiger partial charge in [0.1, 0.15) is 11.9 Å². The summed E-state index contributed by atoms with van der Waals surface area (Å²) in [5.41, 5.74) is -0.484. The van der Waals surface area contributed by atoms with Crippen LogP contribution in [0.1, 0.15) is 5.56 Å². The molecule has 0 amide bonds. The first-order chi connectivity index (χ1) is 7.95. The van der Waals surface area contributed by atoms with E-state index in [9.17, 15) is 21.6 Å². The average molecular weight is 263 g/mol. The van der Waals surface area contributed by atoms with Crippen molar-refractivity contribution in [3.05, 3.63) is 29.6 Å². The van der Waals surface area contributed by atoms with Crippen molar-refractivity contribution in [2.75, 3.05) is 5.32 Å². The third-order valence-electron chi connectivity index (χ3n) is 1.81. The summed E-state index contributed by atoms with van der Waals surface area (Å²) < 4.78 is 58.4. The minimum absolute atomic E-state index is 0.210. The van der Waals surface area contributed by atoms with Crippen LogP contribution in [0, 0.1) is 23.2 Å². The Morgan fingerprint density at radius 2 is 2.12 bits per heavy atom. The predicted molar refractivity (Wildman–Crippen MR) is 53.7 cm³/mol. The molecular weight excluding hydrogens is 257 g/mol.